The summed E-state index contributed by atoms with van der Waals surface area (Å²) in [4.78, 5) is 6.32. The van der Waals surface area contributed by atoms with Gasteiger partial charge in [-0.05, 0) is 60.2 Å². The van der Waals surface area contributed by atoms with Crippen LogP contribution in [-0.4, -0.2) is 23.0 Å². The van der Waals surface area contributed by atoms with E-state index >= 15 is 0 Å². The van der Waals surface area contributed by atoms with Gasteiger partial charge in [-0.2, -0.15) is 0 Å². The van der Waals surface area contributed by atoms with Gasteiger partial charge in [0.15, 0.2) is 0 Å². The van der Waals surface area contributed by atoms with Crippen LogP contribution in [-0.2, 0) is 19.4 Å². The summed E-state index contributed by atoms with van der Waals surface area (Å²) in [6.07, 6.45) is 3.45. The van der Waals surface area contributed by atoms with Gasteiger partial charge in [-0.3, -0.25) is 4.90 Å². The van der Waals surface area contributed by atoms with Gasteiger partial charge in [0.1, 0.15) is 0 Å². The lowest BCUT2D eigenvalue weighted by Crippen LogP contribution is -2.28. The summed E-state index contributed by atoms with van der Waals surface area (Å²) in [6.45, 7) is 3.33. The monoisotopic (exact) mass is 366 g/mol. The molecule has 0 radical (unpaired) electrons. The highest BCUT2D eigenvalue weighted by Crippen LogP contribution is 2.30. The third-order valence-electron chi connectivity index (χ3n) is 5.93. The van der Waals surface area contributed by atoms with Crippen molar-refractivity contribution in [2.45, 2.75) is 25.8 Å². The normalized spacial score (nSPS) is 15.1. The van der Waals surface area contributed by atoms with Crippen LogP contribution in [0.15, 0.2) is 78.9 Å². The zero-order valence-electron chi connectivity index (χ0n) is 16.2. The van der Waals surface area contributed by atoms with Crippen LogP contribution in [0.4, 0.5) is 0 Å². The number of nitrogens with zero attached hydrogens (tertiary/aromatic N) is 1. The van der Waals surface area contributed by atoms with Gasteiger partial charge >= 0.3 is 0 Å². The first-order valence-corrected chi connectivity index (χ1v) is 10.3. The minimum absolute atomic E-state index is 1.05. The molecule has 5 rings (SSSR count). The molecular weight excluding hydrogens is 340 g/mol. The fraction of sp³-hybridized carbons (Fsp3) is 0.231. The van der Waals surface area contributed by atoms with Gasteiger partial charge in [-0.25, -0.2) is 0 Å². The van der Waals surface area contributed by atoms with Gasteiger partial charge in [0.2, 0.25) is 0 Å². The van der Waals surface area contributed by atoms with Gasteiger partial charge in [-0.15, -0.1) is 0 Å². The molecule has 28 heavy (non-hydrogen) atoms. The average molecular weight is 367 g/mol. The summed E-state index contributed by atoms with van der Waals surface area (Å²) in [7, 11) is 0. The Bertz CT molecular complexity index is 1060. The second kappa shape index (κ2) is 7.65. The summed E-state index contributed by atoms with van der Waals surface area (Å²) in [5.74, 6) is 0. The maximum atomic E-state index is 3.71. The lowest BCUT2D eigenvalue weighted by Gasteiger charge is -2.25. The summed E-state index contributed by atoms with van der Waals surface area (Å²) < 4.78 is 0. The Morgan fingerprint density at radius 3 is 2.36 bits per heavy atom. The van der Waals surface area contributed by atoms with E-state index in [1.54, 1.807) is 0 Å². The summed E-state index contributed by atoms with van der Waals surface area (Å²) in [6, 6.07) is 28.4. The molecule has 0 unspecified atom stereocenters. The minimum atomic E-state index is 1.05. The first-order chi connectivity index (χ1) is 13.9. The molecule has 2 heterocycles. The number of H-pyrrole nitrogens is 1. The Hall–Kier alpha value is -2.84. The molecule has 1 aliphatic rings. The number of hydrogen-bond donors (Lipinski definition) is 1. The molecular formula is C26H26N2. The van der Waals surface area contributed by atoms with Gasteiger partial charge in [-0.1, -0.05) is 66.7 Å². The highest BCUT2D eigenvalue weighted by Gasteiger charge is 2.17. The van der Waals surface area contributed by atoms with Gasteiger partial charge in [0.05, 0.1) is 0 Å². The lowest BCUT2D eigenvalue weighted by molar-refractivity contribution is 0.261. The number of hydrogen-bond acceptors (Lipinski definition) is 1. The molecule has 2 heteroatoms. The van der Waals surface area contributed by atoms with Crippen LogP contribution in [0.1, 0.15) is 23.2 Å². The van der Waals surface area contributed by atoms with Crippen molar-refractivity contribution in [2.75, 3.05) is 13.1 Å². The first kappa shape index (κ1) is 17.3. The second-order valence-electron chi connectivity index (χ2n) is 7.82. The second-order valence-corrected chi connectivity index (χ2v) is 7.82. The van der Waals surface area contributed by atoms with Crippen molar-refractivity contribution in [1.29, 1.82) is 0 Å². The molecule has 1 N–H and O–H groups in total. The van der Waals surface area contributed by atoms with E-state index in [-0.39, 0.29) is 0 Å². The van der Waals surface area contributed by atoms with E-state index < -0.39 is 0 Å². The Kier molecular flexibility index (Phi) is 4.72. The molecule has 0 aliphatic carbocycles. The van der Waals surface area contributed by atoms with Crippen LogP contribution in [0.3, 0.4) is 0 Å². The van der Waals surface area contributed by atoms with E-state index in [0.29, 0.717) is 0 Å². The van der Waals surface area contributed by atoms with Gasteiger partial charge in [0, 0.05) is 29.7 Å². The SMILES string of the molecule is c1ccc(CN2CCCc3[nH]c4ccc(-c5ccccc5)cc4c3CC2)cc1. The fourth-order valence-electron chi connectivity index (χ4n) is 4.47. The topological polar surface area (TPSA) is 19.0 Å². The first-order valence-electron chi connectivity index (χ1n) is 10.3. The van der Waals surface area contributed by atoms with E-state index in [0.717, 1.165) is 25.9 Å². The number of aromatic amines is 1. The van der Waals surface area contributed by atoms with E-state index in [4.69, 9.17) is 0 Å². The van der Waals surface area contributed by atoms with Crippen molar-refractivity contribution in [1.82, 2.24) is 9.88 Å². The predicted molar refractivity (Wildman–Crippen MR) is 117 cm³/mol. The number of nitrogens with one attached hydrogen (secondary N) is 1. The molecule has 0 fully saturated rings. The van der Waals surface area contributed by atoms with Crippen molar-refractivity contribution in [3.8, 4) is 11.1 Å². The van der Waals surface area contributed by atoms with E-state index in [2.05, 4.69) is 88.7 Å². The third-order valence-corrected chi connectivity index (χ3v) is 5.93. The van der Waals surface area contributed by atoms with E-state index in [1.165, 1.54) is 51.8 Å². The van der Waals surface area contributed by atoms with Crippen LogP contribution in [0.25, 0.3) is 22.0 Å². The third kappa shape index (κ3) is 3.48. The maximum Gasteiger partial charge on any atom is 0.0459 e. The number of aryl methyl sites for hydroxylation is 1. The highest BCUT2D eigenvalue weighted by atomic mass is 15.1. The smallest absolute Gasteiger partial charge is 0.0459 e. The molecule has 0 amide bonds. The van der Waals surface area contributed by atoms with Crippen LogP contribution >= 0.6 is 0 Å². The van der Waals surface area contributed by atoms with Gasteiger partial charge in [0.25, 0.3) is 0 Å². The van der Waals surface area contributed by atoms with Gasteiger partial charge < -0.3 is 4.98 Å². The molecule has 0 saturated carbocycles. The molecule has 1 aliphatic heterocycles. The number of fused-ring (bicyclic) bond motifs is 3. The molecule has 1 aromatic heterocycles. The summed E-state index contributed by atoms with van der Waals surface area (Å²) in [5, 5.41) is 1.40. The highest BCUT2D eigenvalue weighted by molar-refractivity contribution is 5.89. The minimum Gasteiger partial charge on any atom is -0.358 e. The predicted octanol–water partition coefficient (Wildman–Crippen LogP) is 5.83. The summed E-state index contributed by atoms with van der Waals surface area (Å²) >= 11 is 0. The molecule has 4 aromatic rings. The average Bonchev–Trinajstić information content (AvgIpc) is 3.07. The largest absolute Gasteiger partial charge is 0.358 e. The van der Waals surface area contributed by atoms with Crippen molar-refractivity contribution >= 4 is 10.9 Å². The quantitative estimate of drug-likeness (QED) is 0.484. The Morgan fingerprint density at radius 1 is 0.750 bits per heavy atom. The molecule has 0 spiro atoms. The molecule has 0 saturated heterocycles. The van der Waals surface area contributed by atoms with E-state index in [9.17, 15) is 0 Å². The maximum absolute atomic E-state index is 3.71. The zero-order chi connectivity index (χ0) is 18.8. The van der Waals surface area contributed by atoms with Crippen LogP contribution in [0.5, 0.6) is 0 Å². The zero-order valence-corrected chi connectivity index (χ0v) is 16.2. The fourth-order valence-corrected chi connectivity index (χ4v) is 4.47. The van der Waals surface area contributed by atoms with Crippen molar-refractivity contribution in [3.63, 3.8) is 0 Å². The Labute approximate surface area is 166 Å². The molecule has 2 nitrogen and oxygen atoms in total. The van der Waals surface area contributed by atoms with Crippen LogP contribution in [0, 0.1) is 0 Å². The molecule has 0 bridgehead atoms. The molecule has 140 valence electrons. The van der Waals surface area contributed by atoms with Crippen LogP contribution < -0.4 is 0 Å². The standard InChI is InChI=1S/C26H26N2/c1-3-8-20(9-4-1)19-28-16-7-12-25-23(15-17-28)24-18-22(13-14-26(24)27-25)21-10-5-2-6-11-21/h1-6,8-11,13-14,18,27H,7,12,15-17,19H2. The Morgan fingerprint density at radius 2 is 1.54 bits per heavy atom. The van der Waals surface area contributed by atoms with Crippen molar-refractivity contribution in [2.24, 2.45) is 0 Å². The summed E-state index contributed by atoms with van der Waals surface area (Å²) in [5.41, 5.74) is 8.24. The van der Waals surface area contributed by atoms with Crippen molar-refractivity contribution in [3.05, 3.63) is 95.7 Å². The Balaban J connectivity index is 1.44. The lowest BCUT2D eigenvalue weighted by atomic mass is 9.98. The number of rotatable bonds is 3. The van der Waals surface area contributed by atoms with E-state index in [1.807, 2.05) is 0 Å². The molecule has 0 atom stereocenters. The number of benzene rings is 3. The van der Waals surface area contributed by atoms with Crippen molar-refractivity contribution < 1.29 is 0 Å². The van der Waals surface area contributed by atoms with Crippen LogP contribution in [0.2, 0.25) is 0 Å². The molecule has 3 aromatic carbocycles. The number of aromatic nitrogens is 1.